The molecule has 4 heteroatoms. The summed E-state index contributed by atoms with van der Waals surface area (Å²) in [7, 11) is 3.68. The topological polar surface area (TPSA) is 50.8 Å². The normalized spacial score (nSPS) is 24.5. The van der Waals surface area contributed by atoms with Crippen LogP contribution in [0.3, 0.4) is 0 Å². The van der Waals surface area contributed by atoms with Gasteiger partial charge in [0.1, 0.15) is 0 Å². The SMILES string of the molecule is CN=C(N)N(C)CC1CCCOC1. The molecule has 1 aliphatic rings. The van der Waals surface area contributed by atoms with Gasteiger partial charge in [-0.2, -0.15) is 0 Å². The first kappa shape index (κ1) is 10.3. The van der Waals surface area contributed by atoms with Crippen LogP contribution >= 0.6 is 0 Å². The molecular weight excluding hydrogens is 166 g/mol. The van der Waals surface area contributed by atoms with E-state index in [0.29, 0.717) is 11.9 Å². The van der Waals surface area contributed by atoms with Crippen LogP contribution in [0.25, 0.3) is 0 Å². The van der Waals surface area contributed by atoms with Gasteiger partial charge in [-0.15, -0.1) is 0 Å². The summed E-state index contributed by atoms with van der Waals surface area (Å²) in [5.41, 5.74) is 5.67. The third kappa shape index (κ3) is 3.22. The largest absolute Gasteiger partial charge is 0.381 e. The minimum atomic E-state index is 0.602. The van der Waals surface area contributed by atoms with E-state index in [2.05, 4.69) is 4.99 Å². The van der Waals surface area contributed by atoms with Gasteiger partial charge in [0.25, 0.3) is 0 Å². The van der Waals surface area contributed by atoms with E-state index in [1.807, 2.05) is 11.9 Å². The van der Waals surface area contributed by atoms with E-state index in [0.717, 1.165) is 19.8 Å². The van der Waals surface area contributed by atoms with E-state index < -0.39 is 0 Å². The average Bonchev–Trinajstić information content (AvgIpc) is 2.18. The Labute approximate surface area is 79.8 Å². The maximum Gasteiger partial charge on any atom is 0.190 e. The molecule has 0 bridgehead atoms. The van der Waals surface area contributed by atoms with E-state index in [-0.39, 0.29) is 0 Å². The smallest absolute Gasteiger partial charge is 0.190 e. The molecule has 0 spiro atoms. The average molecular weight is 185 g/mol. The van der Waals surface area contributed by atoms with Crippen molar-refractivity contribution in [1.29, 1.82) is 0 Å². The Morgan fingerprint density at radius 2 is 2.46 bits per heavy atom. The highest BCUT2D eigenvalue weighted by atomic mass is 16.5. The number of nitrogens with zero attached hydrogens (tertiary/aromatic N) is 2. The van der Waals surface area contributed by atoms with Gasteiger partial charge in [-0.1, -0.05) is 0 Å². The van der Waals surface area contributed by atoms with Crippen LogP contribution in [0, 0.1) is 5.92 Å². The Morgan fingerprint density at radius 3 is 3.00 bits per heavy atom. The molecule has 1 heterocycles. The molecule has 0 saturated carbocycles. The molecule has 0 aromatic heterocycles. The van der Waals surface area contributed by atoms with Crippen molar-refractivity contribution in [2.75, 3.05) is 33.9 Å². The first-order valence-corrected chi connectivity index (χ1v) is 4.75. The van der Waals surface area contributed by atoms with Crippen molar-refractivity contribution in [2.45, 2.75) is 12.8 Å². The molecule has 4 nitrogen and oxygen atoms in total. The Bertz CT molecular complexity index is 176. The fraction of sp³-hybridized carbons (Fsp3) is 0.889. The molecule has 1 atom stereocenters. The molecule has 0 aromatic rings. The minimum Gasteiger partial charge on any atom is -0.381 e. The zero-order valence-corrected chi connectivity index (χ0v) is 8.49. The molecule has 2 N–H and O–H groups in total. The lowest BCUT2D eigenvalue weighted by atomic mass is 10.0. The standard InChI is InChI=1S/C9H19N3O/c1-11-9(10)12(2)6-8-4-3-5-13-7-8/h8H,3-7H2,1-2H3,(H2,10,11). The summed E-state index contributed by atoms with van der Waals surface area (Å²) in [5, 5.41) is 0. The van der Waals surface area contributed by atoms with Gasteiger partial charge in [-0.25, -0.2) is 0 Å². The van der Waals surface area contributed by atoms with Crippen LogP contribution in [0.1, 0.15) is 12.8 Å². The molecule has 76 valence electrons. The lowest BCUT2D eigenvalue weighted by Crippen LogP contribution is -2.39. The lowest BCUT2D eigenvalue weighted by Gasteiger charge is -2.27. The summed E-state index contributed by atoms with van der Waals surface area (Å²) < 4.78 is 5.39. The van der Waals surface area contributed by atoms with E-state index >= 15 is 0 Å². The van der Waals surface area contributed by atoms with Crippen LogP contribution in [0.15, 0.2) is 4.99 Å². The van der Waals surface area contributed by atoms with Crippen LogP contribution in [0.4, 0.5) is 0 Å². The van der Waals surface area contributed by atoms with Gasteiger partial charge in [0.05, 0.1) is 6.61 Å². The zero-order chi connectivity index (χ0) is 9.68. The monoisotopic (exact) mass is 185 g/mol. The van der Waals surface area contributed by atoms with Gasteiger partial charge in [-0.3, -0.25) is 4.99 Å². The van der Waals surface area contributed by atoms with Gasteiger partial charge >= 0.3 is 0 Å². The van der Waals surface area contributed by atoms with Crippen molar-refractivity contribution >= 4 is 5.96 Å². The number of guanidine groups is 1. The molecule has 0 aliphatic carbocycles. The summed E-state index contributed by atoms with van der Waals surface area (Å²) in [5.74, 6) is 1.21. The minimum absolute atomic E-state index is 0.602. The third-order valence-electron chi connectivity index (χ3n) is 2.41. The second-order valence-corrected chi connectivity index (χ2v) is 3.55. The van der Waals surface area contributed by atoms with E-state index in [1.165, 1.54) is 12.8 Å². The van der Waals surface area contributed by atoms with Crippen molar-refractivity contribution in [3.8, 4) is 0 Å². The summed E-state index contributed by atoms with van der Waals surface area (Å²) in [6.07, 6.45) is 2.41. The summed E-state index contributed by atoms with van der Waals surface area (Å²) >= 11 is 0. The van der Waals surface area contributed by atoms with Crippen LogP contribution < -0.4 is 5.73 Å². The molecule has 1 unspecified atom stereocenters. The summed E-state index contributed by atoms with van der Waals surface area (Å²) in [6, 6.07) is 0. The third-order valence-corrected chi connectivity index (χ3v) is 2.41. The second kappa shape index (κ2) is 5.07. The van der Waals surface area contributed by atoms with Crippen molar-refractivity contribution in [3.05, 3.63) is 0 Å². The fourth-order valence-electron chi connectivity index (χ4n) is 1.60. The molecule has 1 rings (SSSR count). The highest BCUT2D eigenvalue weighted by molar-refractivity contribution is 5.77. The predicted molar refractivity (Wildman–Crippen MR) is 53.7 cm³/mol. The van der Waals surface area contributed by atoms with Crippen molar-refractivity contribution in [2.24, 2.45) is 16.6 Å². The molecule has 0 amide bonds. The number of hydrogen-bond donors (Lipinski definition) is 1. The highest BCUT2D eigenvalue weighted by Crippen LogP contribution is 2.13. The molecule has 0 radical (unpaired) electrons. The van der Waals surface area contributed by atoms with Gasteiger partial charge in [0.2, 0.25) is 0 Å². The van der Waals surface area contributed by atoms with Crippen LogP contribution in [-0.4, -0.2) is 44.7 Å². The van der Waals surface area contributed by atoms with Crippen molar-refractivity contribution in [3.63, 3.8) is 0 Å². The Kier molecular flexibility index (Phi) is 4.02. The Balaban J connectivity index is 2.30. The molecule has 13 heavy (non-hydrogen) atoms. The maximum atomic E-state index is 5.67. The number of rotatable bonds is 2. The molecule has 0 aromatic carbocycles. The molecule has 1 fully saturated rings. The van der Waals surface area contributed by atoms with Gasteiger partial charge in [0.15, 0.2) is 5.96 Å². The second-order valence-electron chi connectivity index (χ2n) is 3.55. The van der Waals surface area contributed by atoms with E-state index in [1.54, 1.807) is 7.05 Å². The number of aliphatic imine (C=N–C) groups is 1. The van der Waals surface area contributed by atoms with E-state index in [4.69, 9.17) is 10.5 Å². The zero-order valence-electron chi connectivity index (χ0n) is 8.49. The number of nitrogens with two attached hydrogens (primary N) is 1. The summed E-state index contributed by atoms with van der Waals surface area (Å²) in [6.45, 7) is 2.72. The maximum absolute atomic E-state index is 5.67. The van der Waals surface area contributed by atoms with Crippen molar-refractivity contribution in [1.82, 2.24) is 4.90 Å². The molecule has 1 saturated heterocycles. The van der Waals surface area contributed by atoms with Crippen LogP contribution in [0.2, 0.25) is 0 Å². The number of ether oxygens (including phenoxy) is 1. The Hall–Kier alpha value is -0.770. The van der Waals surface area contributed by atoms with Gasteiger partial charge in [0, 0.05) is 27.2 Å². The summed E-state index contributed by atoms with van der Waals surface area (Å²) in [4.78, 5) is 5.92. The Morgan fingerprint density at radius 1 is 1.69 bits per heavy atom. The van der Waals surface area contributed by atoms with E-state index in [9.17, 15) is 0 Å². The first-order valence-electron chi connectivity index (χ1n) is 4.75. The van der Waals surface area contributed by atoms with Crippen LogP contribution in [-0.2, 0) is 4.74 Å². The highest BCUT2D eigenvalue weighted by Gasteiger charge is 2.16. The fourth-order valence-corrected chi connectivity index (χ4v) is 1.60. The predicted octanol–water partition coefficient (Wildman–Crippen LogP) is 0.289. The quantitative estimate of drug-likeness (QED) is 0.497. The van der Waals surface area contributed by atoms with Gasteiger partial charge in [-0.05, 0) is 18.8 Å². The van der Waals surface area contributed by atoms with Crippen LogP contribution in [0.5, 0.6) is 0 Å². The molecular formula is C9H19N3O. The first-order chi connectivity index (χ1) is 6.24. The lowest BCUT2D eigenvalue weighted by molar-refractivity contribution is 0.0484. The van der Waals surface area contributed by atoms with Gasteiger partial charge < -0.3 is 15.4 Å². The molecule has 1 aliphatic heterocycles. The number of hydrogen-bond acceptors (Lipinski definition) is 2. The van der Waals surface area contributed by atoms with Crippen molar-refractivity contribution < 1.29 is 4.74 Å².